The molecule has 0 aliphatic carbocycles. The summed E-state index contributed by atoms with van der Waals surface area (Å²) < 4.78 is 6.59. The van der Waals surface area contributed by atoms with Crippen LogP contribution in [0.3, 0.4) is 0 Å². The molecule has 1 N–H and O–H groups in total. The minimum Gasteiger partial charge on any atom is -0.465 e. The van der Waals surface area contributed by atoms with Gasteiger partial charge >= 0.3 is 5.97 Å². The number of carbonyl (C=O) groups excluding carboxylic acids is 2. The Hall–Kier alpha value is -2.63. The fourth-order valence-electron chi connectivity index (χ4n) is 2.81. The molecule has 0 unspecified atom stereocenters. The summed E-state index contributed by atoms with van der Waals surface area (Å²) in [5.41, 5.74) is 3.65. The van der Waals surface area contributed by atoms with E-state index >= 15 is 0 Å². The van der Waals surface area contributed by atoms with Crippen LogP contribution >= 0.6 is 0 Å². The zero-order chi connectivity index (χ0) is 18.9. The number of amides is 1. The fourth-order valence-corrected chi connectivity index (χ4v) is 2.81. The van der Waals surface area contributed by atoms with Crippen molar-refractivity contribution in [1.82, 2.24) is 9.78 Å². The normalized spacial score (nSPS) is 11.3. The predicted octanol–water partition coefficient (Wildman–Crippen LogP) is 3.60. The molecule has 0 bridgehead atoms. The number of anilines is 1. The van der Waals surface area contributed by atoms with E-state index in [9.17, 15) is 9.59 Å². The third-order valence-corrected chi connectivity index (χ3v) is 4.06. The number of methoxy groups -OCH3 is 1. The number of nitrogens with one attached hydrogen (secondary N) is 1. The fraction of sp³-hybridized carbons (Fsp3) is 0.421. The second-order valence-electron chi connectivity index (χ2n) is 7.10. The van der Waals surface area contributed by atoms with Gasteiger partial charge in [0.25, 0.3) is 5.91 Å². The van der Waals surface area contributed by atoms with Crippen LogP contribution in [0.4, 0.5) is 5.69 Å². The van der Waals surface area contributed by atoms with E-state index in [0.29, 0.717) is 22.5 Å². The lowest BCUT2D eigenvalue weighted by Crippen LogP contribution is -2.25. The smallest absolute Gasteiger partial charge is 0.337 e. The number of aromatic nitrogens is 2. The summed E-state index contributed by atoms with van der Waals surface area (Å²) in [5, 5.41) is 7.40. The van der Waals surface area contributed by atoms with E-state index in [1.807, 2.05) is 46.2 Å². The van der Waals surface area contributed by atoms with Crippen molar-refractivity contribution in [1.29, 1.82) is 0 Å². The highest BCUT2D eigenvalue weighted by Crippen LogP contribution is 2.24. The number of carbonyl (C=O) groups is 2. The van der Waals surface area contributed by atoms with Crippen molar-refractivity contribution >= 4 is 17.6 Å². The standard InChI is InChI=1S/C19H25N3O3/c1-11-8-9-14(18(24)25-7)10-15(11)20-17(23)16-12(2)21-22(13(16)3)19(4,5)6/h8-10H,1-7H3,(H,20,23). The van der Waals surface area contributed by atoms with Crippen LogP contribution in [0.25, 0.3) is 0 Å². The van der Waals surface area contributed by atoms with E-state index < -0.39 is 5.97 Å². The summed E-state index contributed by atoms with van der Waals surface area (Å²) in [7, 11) is 1.33. The Morgan fingerprint density at radius 2 is 1.80 bits per heavy atom. The minimum atomic E-state index is -0.441. The summed E-state index contributed by atoms with van der Waals surface area (Å²) in [6.45, 7) is 11.7. The number of rotatable bonds is 3. The van der Waals surface area contributed by atoms with Crippen LogP contribution in [-0.4, -0.2) is 28.8 Å². The lowest BCUT2D eigenvalue weighted by atomic mass is 10.1. The first-order valence-electron chi connectivity index (χ1n) is 8.13. The topological polar surface area (TPSA) is 73.2 Å². The Balaban J connectivity index is 2.38. The van der Waals surface area contributed by atoms with Crippen molar-refractivity contribution in [3.8, 4) is 0 Å². The highest BCUT2D eigenvalue weighted by atomic mass is 16.5. The number of benzene rings is 1. The Labute approximate surface area is 148 Å². The zero-order valence-electron chi connectivity index (χ0n) is 15.9. The minimum absolute atomic E-state index is 0.214. The highest BCUT2D eigenvalue weighted by molar-refractivity contribution is 6.06. The summed E-state index contributed by atoms with van der Waals surface area (Å²) in [4.78, 5) is 24.5. The van der Waals surface area contributed by atoms with Gasteiger partial charge in [0.2, 0.25) is 0 Å². The summed E-state index contributed by atoms with van der Waals surface area (Å²) in [5.74, 6) is -0.681. The molecule has 6 nitrogen and oxygen atoms in total. The van der Waals surface area contributed by atoms with Gasteiger partial charge in [0.1, 0.15) is 0 Å². The molecule has 0 saturated heterocycles. The molecule has 0 atom stereocenters. The van der Waals surface area contributed by atoms with Crippen LogP contribution < -0.4 is 5.32 Å². The van der Waals surface area contributed by atoms with Crippen molar-refractivity contribution in [2.45, 2.75) is 47.1 Å². The molecule has 0 spiro atoms. The van der Waals surface area contributed by atoms with E-state index in [0.717, 1.165) is 11.3 Å². The molecule has 0 radical (unpaired) electrons. The zero-order valence-corrected chi connectivity index (χ0v) is 15.9. The van der Waals surface area contributed by atoms with E-state index in [4.69, 9.17) is 4.74 Å². The first-order valence-corrected chi connectivity index (χ1v) is 8.13. The van der Waals surface area contributed by atoms with Crippen molar-refractivity contribution in [3.05, 3.63) is 46.3 Å². The van der Waals surface area contributed by atoms with Gasteiger partial charge in [0.05, 0.1) is 29.5 Å². The van der Waals surface area contributed by atoms with Crippen LogP contribution in [0.5, 0.6) is 0 Å². The molecule has 1 heterocycles. The summed E-state index contributed by atoms with van der Waals surface area (Å²) in [6, 6.07) is 5.07. The molecule has 134 valence electrons. The van der Waals surface area contributed by atoms with Gasteiger partial charge in [-0.2, -0.15) is 5.10 Å². The van der Waals surface area contributed by atoms with Gasteiger partial charge in [0.15, 0.2) is 0 Å². The number of aryl methyl sites for hydroxylation is 2. The molecule has 0 fully saturated rings. The molecule has 25 heavy (non-hydrogen) atoms. The van der Waals surface area contributed by atoms with E-state index in [1.54, 1.807) is 18.2 Å². The van der Waals surface area contributed by atoms with Crippen LogP contribution in [-0.2, 0) is 10.3 Å². The third-order valence-electron chi connectivity index (χ3n) is 4.06. The Kier molecular flexibility index (Phi) is 5.02. The van der Waals surface area contributed by atoms with Gasteiger partial charge in [-0.1, -0.05) is 6.07 Å². The van der Waals surface area contributed by atoms with Gasteiger partial charge in [-0.3, -0.25) is 9.48 Å². The summed E-state index contributed by atoms with van der Waals surface area (Å²) in [6.07, 6.45) is 0. The monoisotopic (exact) mass is 343 g/mol. The van der Waals surface area contributed by atoms with E-state index in [1.165, 1.54) is 7.11 Å². The Morgan fingerprint density at radius 1 is 1.16 bits per heavy atom. The highest BCUT2D eigenvalue weighted by Gasteiger charge is 2.25. The molecular formula is C19H25N3O3. The first kappa shape index (κ1) is 18.7. The molecule has 2 aromatic rings. The third kappa shape index (κ3) is 3.73. The molecule has 1 amide bonds. The lowest BCUT2D eigenvalue weighted by Gasteiger charge is -2.21. The number of nitrogens with zero attached hydrogens (tertiary/aromatic N) is 2. The van der Waals surface area contributed by atoms with Crippen molar-refractivity contribution in [2.75, 3.05) is 12.4 Å². The average molecular weight is 343 g/mol. The molecule has 6 heteroatoms. The molecule has 1 aromatic heterocycles. The molecule has 2 rings (SSSR count). The predicted molar refractivity (Wildman–Crippen MR) is 97.2 cm³/mol. The SMILES string of the molecule is COC(=O)c1ccc(C)c(NC(=O)c2c(C)nn(C(C)(C)C)c2C)c1. The van der Waals surface area contributed by atoms with Crippen LogP contribution in [0.15, 0.2) is 18.2 Å². The van der Waals surface area contributed by atoms with Crippen LogP contribution in [0, 0.1) is 20.8 Å². The molecule has 0 aliphatic rings. The van der Waals surface area contributed by atoms with Crippen LogP contribution in [0.1, 0.15) is 58.4 Å². The lowest BCUT2D eigenvalue weighted by molar-refractivity contribution is 0.0600. The second-order valence-corrected chi connectivity index (χ2v) is 7.10. The maximum atomic E-state index is 12.8. The van der Waals surface area contributed by atoms with E-state index in [-0.39, 0.29) is 11.4 Å². The van der Waals surface area contributed by atoms with Crippen molar-refractivity contribution in [2.24, 2.45) is 0 Å². The van der Waals surface area contributed by atoms with Gasteiger partial charge in [-0.05, 0) is 59.2 Å². The van der Waals surface area contributed by atoms with Crippen molar-refractivity contribution in [3.63, 3.8) is 0 Å². The average Bonchev–Trinajstić information content (AvgIpc) is 2.83. The largest absolute Gasteiger partial charge is 0.465 e. The number of ether oxygens (including phenoxy) is 1. The second kappa shape index (κ2) is 6.70. The summed E-state index contributed by atoms with van der Waals surface area (Å²) >= 11 is 0. The molecular weight excluding hydrogens is 318 g/mol. The van der Waals surface area contributed by atoms with E-state index in [2.05, 4.69) is 10.4 Å². The van der Waals surface area contributed by atoms with Crippen LogP contribution in [0.2, 0.25) is 0 Å². The van der Waals surface area contributed by atoms with Gasteiger partial charge in [-0.15, -0.1) is 0 Å². The Morgan fingerprint density at radius 3 is 2.32 bits per heavy atom. The number of hydrogen-bond acceptors (Lipinski definition) is 4. The van der Waals surface area contributed by atoms with Crippen molar-refractivity contribution < 1.29 is 14.3 Å². The molecule has 0 saturated carbocycles. The quantitative estimate of drug-likeness (QED) is 0.864. The number of hydrogen-bond donors (Lipinski definition) is 1. The molecule has 0 aliphatic heterocycles. The Bertz CT molecular complexity index is 829. The maximum Gasteiger partial charge on any atom is 0.337 e. The van der Waals surface area contributed by atoms with Gasteiger partial charge in [0, 0.05) is 11.4 Å². The number of esters is 1. The van der Waals surface area contributed by atoms with Gasteiger partial charge in [-0.25, -0.2) is 4.79 Å². The molecule has 1 aromatic carbocycles. The van der Waals surface area contributed by atoms with Gasteiger partial charge < -0.3 is 10.1 Å². The first-order chi connectivity index (χ1) is 11.6. The maximum absolute atomic E-state index is 12.8.